The lowest BCUT2D eigenvalue weighted by molar-refractivity contribution is 0.153. The first-order valence-electron chi connectivity index (χ1n) is 6.81. The van der Waals surface area contributed by atoms with Gasteiger partial charge in [0.25, 0.3) is 0 Å². The number of nitrogens with zero attached hydrogens (tertiary/aromatic N) is 2. The van der Waals surface area contributed by atoms with Gasteiger partial charge in [-0.25, -0.2) is 0 Å². The average molecular weight is 250 g/mol. The van der Waals surface area contributed by atoms with E-state index in [0.29, 0.717) is 12.0 Å². The van der Waals surface area contributed by atoms with Gasteiger partial charge in [-0.2, -0.15) is 0 Å². The normalized spacial score (nSPS) is 39.6. The van der Waals surface area contributed by atoms with E-state index in [1.54, 1.807) is 6.08 Å². The Labute approximate surface area is 111 Å². The van der Waals surface area contributed by atoms with Crippen LogP contribution in [-0.4, -0.2) is 36.9 Å². The topological polar surface area (TPSA) is 24.8 Å². The molecule has 2 aliphatic carbocycles. The molecule has 2 aliphatic rings. The van der Waals surface area contributed by atoms with Gasteiger partial charge >= 0.3 is 0 Å². The van der Waals surface area contributed by atoms with Crippen LogP contribution in [-0.2, 0) is 4.84 Å². The van der Waals surface area contributed by atoms with Gasteiger partial charge in [0.15, 0.2) is 0 Å². The highest BCUT2D eigenvalue weighted by molar-refractivity contribution is 5.94. The molecule has 0 N–H and O–H groups in total. The minimum absolute atomic E-state index is 0.0378. The third-order valence-corrected chi connectivity index (χ3v) is 5.29. The molecule has 0 aliphatic heterocycles. The number of rotatable bonds is 4. The molecule has 18 heavy (non-hydrogen) atoms. The minimum Gasteiger partial charge on any atom is -0.392 e. The second kappa shape index (κ2) is 4.37. The molecule has 3 atom stereocenters. The molecule has 0 bridgehead atoms. The van der Waals surface area contributed by atoms with Gasteiger partial charge in [-0.1, -0.05) is 31.7 Å². The van der Waals surface area contributed by atoms with Crippen LogP contribution in [0.1, 0.15) is 33.6 Å². The predicted molar refractivity (Wildman–Crippen MR) is 75.7 cm³/mol. The Morgan fingerprint density at radius 2 is 2.06 bits per heavy atom. The van der Waals surface area contributed by atoms with Gasteiger partial charge in [-0.05, 0) is 51.1 Å². The zero-order chi connectivity index (χ0) is 13.6. The maximum Gasteiger partial charge on any atom is 0.135 e. The number of oxime groups is 1. The van der Waals surface area contributed by atoms with Crippen molar-refractivity contribution in [3.05, 3.63) is 12.7 Å². The third kappa shape index (κ3) is 1.99. The van der Waals surface area contributed by atoms with Crippen molar-refractivity contribution in [2.75, 3.05) is 20.7 Å². The number of hydrogen-bond donors (Lipinski definition) is 0. The summed E-state index contributed by atoms with van der Waals surface area (Å²) in [5, 5.41) is 4.39. The lowest BCUT2D eigenvalue weighted by atomic mass is 9.80. The quantitative estimate of drug-likeness (QED) is 0.435. The predicted octanol–water partition coefficient (Wildman–Crippen LogP) is 2.93. The van der Waals surface area contributed by atoms with Crippen LogP contribution >= 0.6 is 0 Å². The molecule has 102 valence electrons. The Morgan fingerprint density at radius 3 is 2.61 bits per heavy atom. The molecule has 0 amide bonds. The number of fused-ring (bicyclic) bond motifs is 1. The second-order valence-corrected chi connectivity index (χ2v) is 6.73. The highest BCUT2D eigenvalue weighted by Crippen LogP contribution is 2.66. The molecule has 3 heteroatoms. The molecule has 0 radical (unpaired) electrons. The van der Waals surface area contributed by atoms with E-state index in [4.69, 9.17) is 4.84 Å². The van der Waals surface area contributed by atoms with Crippen molar-refractivity contribution in [1.82, 2.24) is 4.90 Å². The Kier molecular flexibility index (Phi) is 3.30. The third-order valence-electron chi connectivity index (χ3n) is 5.29. The fourth-order valence-corrected chi connectivity index (χ4v) is 3.39. The Morgan fingerprint density at radius 1 is 1.39 bits per heavy atom. The van der Waals surface area contributed by atoms with Crippen molar-refractivity contribution in [3.63, 3.8) is 0 Å². The lowest BCUT2D eigenvalue weighted by Crippen LogP contribution is -2.51. The summed E-state index contributed by atoms with van der Waals surface area (Å²) in [6.45, 7) is 11.2. The monoisotopic (exact) mass is 250 g/mol. The Hall–Kier alpha value is -0.830. The first kappa shape index (κ1) is 13.6. The SMILES string of the molecule is C=CCO/N=C1/C[C@H]2[C@H](C[C@@]1(C)N(C)C)C2(C)C. The van der Waals surface area contributed by atoms with Crippen molar-refractivity contribution in [2.24, 2.45) is 22.4 Å². The molecule has 0 aromatic rings. The first-order chi connectivity index (χ1) is 8.34. The summed E-state index contributed by atoms with van der Waals surface area (Å²) in [4.78, 5) is 7.63. The van der Waals surface area contributed by atoms with Crippen molar-refractivity contribution in [1.29, 1.82) is 0 Å². The summed E-state index contributed by atoms with van der Waals surface area (Å²) in [5.74, 6) is 1.62. The van der Waals surface area contributed by atoms with E-state index in [1.165, 1.54) is 12.1 Å². The molecule has 0 saturated heterocycles. The van der Waals surface area contributed by atoms with Crippen molar-refractivity contribution >= 4 is 5.71 Å². The van der Waals surface area contributed by atoms with Gasteiger partial charge in [0, 0.05) is 0 Å². The zero-order valence-electron chi connectivity index (χ0n) is 12.4. The van der Waals surface area contributed by atoms with E-state index in [2.05, 4.69) is 51.5 Å². The Balaban J connectivity index is 2.19. The van der Waals surface area contributed by atoms with Gasteiger partial charge in [0.05, 0.1) is 11.3 Å². The molecule has 0 aromatic carbocycles. The van der Waals surface area contributed by atoms with E-state index < -0.39 is 0 Å². The van der Waals surface area contributed by atoms with Crippen LogP contribution in [0.2, 0.25) is 0 Å². The molecular weight excluding hydrogens is 224 g/mol. The maximum atomic E-state index is 5.35. The lowest BCUT2D eigenvalue weighted by Gasteiger charge is -2.40. The van der Waals surface area contributed by atoms with E-state index in [1.807, 2.05) is 0 Å². The number of hydrogen-bond acceptors (Lipinski definition) is 3. The van der Waals surface area contributed by atoms with Gasteiger partial charge in [-0.15, -0.1) is 0 Å². The van der Waals surface area contributed by atoms with E-state index in [-0.39, 0.29) is 5.54 Å². The fourth-order valence-electron chi connectivity index (χ4n) is 3.39. The Bertz CT molecular complexity index is 373. The fraction of sp³-hybridized carbons (Fsp3) is 0.800. The summed E-state index contributed by atoms with van der Waals surface area (Å²) in [7, 11) is 4.28. The highest BCUT2D eigenvalue weighted by Gasteiger charge is 2.63. The molecule has 0 aromatic heterocycles. The first-order valence-corrected chi connectivity index (χ1v) is 6.81. The van der Waals surface area contributed by atoms with Crippen LogP contribution in [0.25, 0.3) is 0 Å². The van der Waals surface area contributed by atoms with Crippen LogP contribution in [0, 0.1) is 17.3 Å². The molecule has 3 nitrogen and oxygen atoms in total. The standard InChI is InChI=1S/C15H26N2O/c1-7-8-18-16-13-9-11-12(14(11,2)3)10-15(13,4)17(5)6/h7,11-12H,1,8-10H2,2-6H3/b16-13-/t11-,12-,15+/m0/s1. The van der Waals surface area contributed by atoms with Crippen LogP contribution in [0.4, 0.5) is 0 Å². The van der Waals surface area contributed by atoms with Crippen molar-refractivity contribution in [3.8, 4) is 0 Å². The second-order valence-electron chi connectivity index (χ2n) is 6.73. The van der Waals surface area contributed by atoms with Gasteiger partial charge in [0.1, 0.15) is 6.61 Å². The van der Waals surface area contributed by atoms with Crippen molar-refractivity contribution < 1.29 is 4.84 Å². The molecule has 0 spiro atoms. The molecular formula is C15H26N2O. The average Bonchev–Trinajstić information content (AvgIpc) is 2.80. The van der Waals surface area contributed by atoms with E-state index >= 15 is 0 Å². The highest BCUT2D eigenvalue weighted by atomic mass is 16.6. The summed E-state index contributed by atoms with van der Waals surface area (Å²) in [6, 6.07) is 0. The summed E-state index contributed by atoms with van der Waals surface area (Å²) >= 11 is 0. The molecule has 2 saturated carbocycles. The van der Waals surface area contributed by atoms with Gasteiger partial charge in [-0.3, -0.25) is 4.90 Å². The van der Waals surface area contributed by atoms with Gasteiger partial charge in [0.2, 0.25) is 0 Å². The zero-order valence-corrected chi connectivity index (χ0v) is 12.4. The van der Waals surface area contributed by atoms with Gasteiger partial charge < -0.3 is 4.84 Å². The van der Waals surface area contributed by atoms with E-state index in [9.17, 15) is 0 Å². The van der Waals surface area contributed by atoms with Crippen LogP contribution in [0.5, 0.6) is 0 Å². The van der Waals surface area contributed by atoms with Crippen LogP contribution < -0.4 is 0 Å². The van der Waals surface area contributed by atoms with Crippen LogP contribution in [0.3, 0.4) is 0 Å². The maximum absolute atomic E-state index is 5.35. The van der Waals surface area contributed by atoms with Crippen molar-refractivity contribution in [2.45, 2.75) is 39.2 Å². The smallest absolute Gasteiger partial charge is 0.135 e. The summed E-state index contributed by atoms with van der Waals surface area (Å²) in [5.41, 5.74) is 1.71. The largest absolute Gasteiger partial charge is 0.392 e. The molecule has 0 heterocycles. The van der Waals surface area contributed by atoms with Crippen LogP contribution in [0.15, 0.2) is 17.8 Å². The molecule has 2 fully saturated rings. The summed E-state index contributed by atoms with van der Waals surface area (Å²) in [6.07, 6.45) is 4.00. The molecule has 2 rings (SSSR count). The van der Waals surface area contributed by atoms with E-state index in [0.717, 1.165) is 18.3 Å². The minimum atomic E-state index is 0.0378. The molecule has 0 unspecified atom stereocenters. The summed E-state index contributed by atoms with van der Waals surface area (Å²) < 4.78 is 0.